The highest BCUT2D eigenvalue weighted by atomic mass is 32.2. The van der Waals surface area contributed by atoms with Gasteiger partial charge in [-0.2, -0.15) is 12.6 Å². The molecule has 16 heavy (non-hydrogen) atoms. The van der Waals surface area contributed by atoms with Crippen molar-refractivity contribution in [1.82, 2.24) is 9.97 Å². The fraction of sp³-hybridized carbons (Fsp3) is 0.250. The molecule has 0 saturated carbocycles. The maximum absolute atomic E-state index is 4.32. The highest BCUT2D eigenvalue weighted by Crippen LogP contribution is 2.21. The normalized spacial score (nSPS) is 10.6. The van der Waals surface area contributed by atoms with Gasteiger partial charge in [0, 0.05) is 11.3 Å². The van der Waals surface area contributed by atoms with Gasteiger partial charge in [-0.25, -0.2) is 4.98 Å². The SMILES string of the molecule is CSc1ccc(-c2cnc(CCS)[nH]2)cc1. The van der Waals surface area contributed by atoms with E-state index < -0.39 is 0 Å². The van der Waals surface area contributed by atoms with Crippen LogP contribution in [-0.2, 0) is 6.42 Å². The van der Waals surface area contributed by atoms with Gasteiger partial charge in [-0.1, -0.05) is 12.1 Å². The topological polar surface area (TPSA) is 28.7 Å². The Bertz CT molecular complexity index is 448. The molecule has 0 amide bonds. The Morgan fingerprint density at radius 2 is 2.06 bits per heavy atom. The van der Waals surface area contributed by atoms with Crippen LogP contribution in [0, 0.1) is 0 Å². The number of imidazole rings is 1. The zero-order chi connectivity index (χ0) is 11.4. The fourth-order valence-electron chi connectivity index (χ4n) is 1.51. The molecule has 2 rings (SSSR count). The largest absolute Gasteiger partial charge is 0.342 e. The lowest BCUT2D eigenvalue weighted by Crippen LogP contribution is -1.88. The second-order valence-corrected chi connectivity index (χ2v) is 4.77. The quantitative estimate of drug-likeness (QED) is 0.644. The van der Waals surface area contributed by atoms with Gasteiger partial charge in [0.15, 0.2) is 0 Å². The van der Waals surface area contributed by atoms with Crippen LogP contribution in [0.25, 0.3) is 11.3 Å². The van der Waals surface area contributed by atoms with Crippen molar-refractivity contribution in [3.8, 4) is 11.3 Å². The van der Waals surface area contributed by atoms with Gasteiger partial charge in [0.1, 0.15) is 5.82 Å². The van der Waals surface area contributed by atoms with E-state index in [-0.39, 0.29) is 0 Å². The van der Waals surface area contributed by atoms with Crippen LogP contribution in [0.15, 0.2) is 35.4 Å². The molecule has 1 aromatic carbocycles. The van der Waals surface area contributed by atoms with Crippen LogP contribution in [0.3, 0.4) is 0 Å². The Kier molecular flexibility index (Phi) is 3.96. The molecule has 0 spiro atoms. The molecule has 0 aliphatic carbocycles. The monoisotopic (exact) mass is 250 g/mol. The smallest absolute Gasteiger partial charge is 0.107 e. The Hall–Kier alpha value is -0.870. The minimum absolute atomic E-state index is 0.818. The summed E-state index contributed by atoms with van der Waals surface area (Å²) in [6, 6.07) is 8.48. The molecule has 1 aromatic heterocycles. The van der Waals surface area contributed by atoms with E-state index in [0.29, 0.717) is 0 Å². The third kappa shape index (κ3) is 2.62. The van der Waals surface area contributed by atoms with Crippen molar-refractivity contribution in [2.45, 2.75) is 11.3 Å². The highest BCUT2D eigenvalue weighted by molar-refractivity contribution is 7.98. The predicted molar refractivity (Wildman–Crippen MR) is 73.4 cm³/mol. The number of thiol groups is 1. The molecule has 0 bridgehead atoms. The summed E-state index contributed by atoms with van der Waals surface area (Å²) < 4.78 is 0. The Labute approximate surface area is 105 Å². The first-order chi connectivity index (χ1) is 7.83. The van der Waals surface area contributed by atoms with Crippen molar-refractivity contribution in [1.29, 1.82) is 0 Å². The second kappa shape index (κ2) is 5.46. The van der Waals surface area contributed by atoms with Crippen molar-refractivity contribution < 1.29 is 0 Å². The van der Waals surface area contributed by atoms with Crippen molar-refractivity contribution in [2.24, 2.45) is 0 Å². The number of thioether (sulfide) groups is 1. The van der Waals surface area contributed by atoms with Gasteiger partial charge in [-0.15, -0.1) is 11.8 Å². The average Bonchev–Trinajstić information content (AvgIpc) is 2.78. The molecule has 0 saturated heterocycles. The third-order valence-corrected chi connectivity index (χ3v) is 3.35. The lowest BCUT2D eigenvalue weighted by atomic mass is 10.2. The first-order valence-corrected chi connectivity index (χ1v) is 6.98. The molecule has 2 nitrogen and oxygen atoms in total. The first kappa shape index (κ1) is 11.6. The van der Waals surface area contributed by atoms with Crippen LogP contribution in [0.2, 0.25) is 0 Å². The van der Waals surface area contributed by atoms with E-state index in [2.05, 4.69) is 53.1 Å². The van der Waals surface area contributed by atoms with Crippen LogP contribution >= 0.6 is 24.4 Å². The minimum atomic E-state index is 0.818. The summed E-state index contributed by atoms with van der Waals surface area (Å²) in [5.74, 6) is 1.82. The minimum Gasteiger partial charge on any atom is -0.342 e. The van der Waals surface area contributed by atoms with Gasteiger partial charge in [0.25, 0.3) is 0 Å². The molecule has 84 valence electrons. The lowest BCUT2D eigenvalue weighted by molar-refractivity contribution is 1.00. The maximum Gasteiger partial charge on any atom is 0.107 e. The third-order valence-electron chi connectivity index (χ3n) is 2.38. The summed E-state index contributed by atoms with van der Waals surface area (Å²) >= 11 is 5.94. The summed E-state index contributed by atoms with van der Waals surface area (Å²) in [4.78, 5) is 8.89. The zero-order valence-electron chi connectivity index (χ0n) is 9.10. The predicted octanol–water partition coefficient (Wildman–Crippen LogP) is 3.27. The van der Waals surface area contributed by atoms with Crippen LogP contribution in [0.5, 0.6) is 0 Å². The summed E-state index contributed by atoms with van der Waals surface area (Å²) in [7, 11) is 0. The van der Waals surface area contributed by atoms with E-state index in [9.17, 15) is 0 Å². The number of hydrogen-bond acceptors (Lipinski definition) is 3. The Balaban J connectivity index is 2.21. The number of hydrogen-bond donors (Lipinski definition) is 2. The van der Waals surface area contributed by atoms with Crippen LogP contribution in [0.4, 0.5) is 0 Å². The molecule has 2 aromatic rings. The second-order valence-electron chi connectivity index (χ2n) is 3.45. The fourth-order valence-corrected chi connectivity index (χ4v) is 2.13. The van der Waals surface area contributed by atoms with Crippen molar-refractivity contribution in [2.75, 3.05) is 12.0 Å². The highest BCUT2D eigenvalue weighted by Gasteiger charge is 2.02. The van der Waals surface area contributed by atoms with E-state index in [4.69, 9.17) is 0 Å². The van der Waals surface area contributed by atoms with Crippen molar-refractivity contribution >= 4 is 24.4 Å². The van der Waals surface area contributed by atoms with Crippen molar-refractivity contribution in [3.05, 3.63) is 36.3 Å². The molecule has 0 aliphatic heterocycles. The standard InChI is InChI=1S/C12H14N2S2/c1-16-10-4-2-9(3-5-10)11-8-13-12(14-11)6-7-15/h2-5,8,15H,6-7H2,1H3,(H,13,14). The first-order valence-electron chi connectivity index (χ1n) is 5.12. The van der Waals surface area contributed by atoms with Crippen molar-refractivity contribution in [3.63, 3.8) is 0 Å². The zero-order valence-corrected chi connectivity index (χ0v) is 10.8. The maximum atomic E-state index is 4.32. The summed E-state index contributed by atoms with van der Waals surface area (Å²) in [5, 5.41) is 0. The van der Waals surface area contributed by atoms with Gasteiger partial charge >= 0.3 is 0 Å². The number of nitrogens with zero attached hydrogens (tertiary/aromatic N) is 1. The molecule has 0 aliphatic rings. The molecule has 1 heterocycles. The van der Waals surface area contributed by atoms with Gasteiger partial charge in [0.05, 0.1) is 11.9 Å². The summed E-state index contributed by atoms with van der Waals surface area (Å²) in [6.45, 7) is 0. The van der Waals surface area contributed by atoms with Crippen LogP contribution in [0.1, 0.15) is 5.82 Å². The van der Waals surface area contributed by atoms with E-state index in [0.717, 1.165) is 23.7 Å². The number of benzene rings is 1. The number of nitrogens with one attached hydrogen (secondary N) is 1. The molecule has 4 heteroatoms. The van der Waals surface area contributed by atoms with Gasteiger partial charge in [-0.3, -0.25) is 0 Å². The van der Waals surface area contributed by atoms with Gasteiger partial charge < -0.3 is 4.98 Å². The summed E-state index contributed by atoms with van der Waals surface area (Å²) in [5.41, 5.74) is 2.25. The molecule has 0 fully saturated rings. The van der Waals surface area contributed by atoms with Crippen LogP contribution < -0.4 is 0 Å². The number of aromatic nitrogens is 2. The van der Waals surface area contributed by atoms with E-state index >= 15 is 0 Å². The Morgan fingerprint density at radius 3 is 2.69 bits per heavy atom. The van der Waals surface area contributed by atoms with E-state index in [1.807, 2.05) is 6.20 Å². The molecular weight excluding hydrogens is 236 g/mol. The van der Waals surface area contributed by atoms with Gasteiger partial charge in [-0.05, 0) is 29.7 Å². The molecular formula is C12H14N2S2. The number of aryl methyl sites for hydroxylation is 1. The molecule has 0 unspecified atom stereocenters. The average molecular weight is 250 g/mol. The lowest BCUT2D eigenvalue weighted by Gasteiger charge is -1.99. The molecule has 0 atom stereocenters. The molecule has 0 radical (unpaired) electrons. The molecule has 1 N–H and O–H groups in total. The van der Waals surface area contributed by atoms with Gasteiger partial charge in [0.2, 0.25) is 0 Å². The van der Waals surface area contributed by atoms with E-state index in [1.165, 1.54) is 10.5 Å². The number of aromatic amines is 1. The Morgan fingerprint density at radius 1 is 1.31 bits per heavy atom. The number of H-pyrrole nitrogens is 1. The van der Waals surface area contributed by atoms with Crippen LogP contribution in [-0.4, -0.2) is 22.0 Å². The summed E-state index contributed by atoms with van der Waals surface area (Å²) in [6.07, 6.45) is 4.84. The number of rotatable bonds is 4. The van der Waals surface area contributed by atoms with E-state index in [1.54, 1.807) is 11.8 Å².